The fraction of sp³-hybridized carbons (Fsp3) is 0. The zero-order valence-corrected chi connectivity index (χ0v) is 19.5. The monoisotopic (exact) mass is 465 g/mol. The Labute approximate surface area is 210 Å². The lowest BCUT2D eigenvalue weighted by Crippen LogP contribution is -2.13. The summed E-state index contributed by atoms with van der Waals surface area (Å²) < 4.78 is 0. The van der Waals surface area contributed by atoms with E-state index >= 15 is 0 Å². The van der Waals surface area contributed by atoms with Gasteiger partial charge in [-0.2, -0.15) is 5.26 Å². The Hall–Kier alpha value is -5.14. The van der Waals surface area contributed by atoms with Crippen LogP contribution in [0.5, 0.6) is 0 Å². The Balaban J connectivity index is 1.42. The summed E-state index contributed by atoms with van der Waals surface area (Å²) in [5.41, 5.74) is 4.54. The fourth-order valence-corrected chi connectivity index (χ4v) is 4.16. The second kappa shape index (κ2) is 10.4. The van der Waals surface area contributed by atoms with Crippen molar-refractivity contribution in [2.45, 2.75) is 0 Å². The highest BCUT2D eigenvalue weighted by Crippen LogP contribution is 2.34. The lowest BCUT2D eigenvalue weighted by Gasteiger charge is -2.25. The predicted octanol–water partition coefficient (Wildman–Crippen LogP) is 7.86. The highest BCUT2D eigenvalue weighted by Gasteiger charge is 2.13. The molecule has 5 aromatic carbocycles. The van der Waals surface area contributed by atoms with Crippen molar-refractivity contribution in [3.05, 3.63) is 139 Å². The van der Waals surface area contributed by atoms with Gasteiger partial charge < -0.3 is 10.2 Å². The van der Waals surface area contributed by atoms with Crippen LogP contribution in [0.15, 0.2) is 133 Å². The lowest BCUT2D eigenvalue weighted by atomic mass is 10.1. The van der Waals surface area contributed by atoms with Crippen LogP contribution in [0, 0.1) is 11.3 Å². The Kier molecular flexibility index (Phi) is 6.55. The van der Waals surface area contributed by atoms with Crippen molar-refractivity contribution in [2.24, 2.45) is 0 Å². The molecule has 0 saturated carbocycles. The molecule has 36 heavy (non-hydrogen) atoms. The van der Waals surface area contributed by atoms with Crippen LogP contribution < -0.4 is 10.2 Å². The average molecular weight is 466 g/mol. The minimum absolute atomic E-state index is 0.0404. The Bertz CT molecular complexity index is 1520. The van der Waals surface area contributed by atoms with Crippen LogP contribution in [0.3, 0.4) is 0 Å². The van der Waals surface area contributed by atoms with E-state index in [1.54, 1.807) is 6.08 Å². The van der Waals surface area contributed by atoms with Crippen LogP contribution in [0.4, 0.5) is 22.7 Å². The first-order chi connectivity index (χ1) is 17.7. The highest BCUT2D eigenvalue weighted by molar-refractivity contribution is 6.12. The van der Waals surface area contributed by atoms with Gasteiger partial charge in [0, 0.05) is 28.1 Å². The van der Waals surface area contributed by atoms with E-state index in [1.165, 1.54) is 0 Å². The number of anilines is 4. The maximum absolute atomic E-state index is 12.9. The summed E-state index contributed by atoms with van der Waals surface area (Å²) in [6.07, 6.45) is 1.61. The quantitative estimate of drug-likeness (QED) is 0.205. The van der Waals surface area contributed by atoms with E-state index in [9.17, 15) is 10.1 Å². The first kappa shape index (κ1) is 22.6. The number of nitrogens with one attached hydrogen (secondary N) is 1. The van der Waals surface area contributed by atoms with Crippen LogP contribution in [0.2, 0.25) is 0 Å². The molecule has 0 bridgehead atoms. The molecule has 0 aliphatic rings. The molecule has 0 fully saturated rings. The molecule has 172 valence electrons. The van der Waals surface area contributed by atoms with E-state index in [0.29, 0.717) is 5.69 Å². The van der Waals surface area contributed by atoms with Crippen molar-refractivity contribution in [1.82, 2.24) is 0 Å². The van der Waals surface area contributed by atoms with Gasteiger partial charge in [-0.05, 0) is 59.5 Å². The molecule has 0 saturated heterocycles. The van der Waals surface area contributed by atoms with Crippen LogP contribution in [0.1, 0.15) is 5.56 Å². The van der Waals surface area contributed by atoms with Crippen molar-refractivity contribution >= 4 is 45.5 Å². The van der Waals surface area contributed by atoms with Crippen LogP contribution >= 0.6 is 0 Å². The van der Waals surface area contributed by atoms with Crippen molar-refractivity contribution in [1.29, 1.82) is 5.26 Å². The maximum atomic E-state index is 12.9. The normalized spacial score (nSPS) is 11.0. The molecule has 0 radical (unpaired) electrons. The van der Waals surface area contributed by atoms with Gasteiger partial charge in [0.15, 0.2) is 0 Å². The number of hydrogen-bond acceptors (Lipinski definition) is 3. The summed E-state index contributed by atoms with van der Waals surface area (Å²) in [7, 11) is 0. The molecule has 4 heteroatoms. The number of carbonyl (C=O) groups is 1. The third kappa shape index (κ3) is 4.86. The molecular formula is C32H23N3O. The largest absolute Gasteiger partial charge is 0.321 e. The van der Waals surface area contributed by atoms with E-state index in [0.717, 1.165) is 33.4 Å². The number of benzene rings is 5. The summed E-state index contributed by atoms with van der Waals surface area (Å²) >= 11 is 0. The van der Waals surface area contributed by atoms with Gasteiger partial charge in [0.05, 0.1) is 0 Å². The van der Waals surface area contributed by atoms with Gasteiger partial charge in [0.2, 0.25) is 0 Å². The summed E-state index contributed by atoms with van der Waals surface area (Å²) in [5.74, 6) is -0.437. The van der Waals surface area contributed by atoms with Crippen LogP contribution in [-0.4, -0.2) is 5.91 Å². The van der Waals surface area contributed by atoms with Crippen molar-refractivity contribution in [3.8, 4) is 6.07 Å². The molecule has 0 aliphatic heterocycles. The molecule has 0 atom stereocenters. The molecule has 0 aliphatic carbocycles. The SMILES string of the molecule is N#CC(=Cc1ccc(N(c2ccccc2)c2ccccc2)cc1)C(=O)Nc1cccc2ccccc12. The summed E-state index contributed by atoms with van der Waals surface area (Å²) in [5, 5.41) is 14.5. The molecule has 0 unspecified atom stereocenters. The van der Waals surface area contributed by atoms with Gasteiger partial charge in [-0.15, -0.1) is 0 Å². The van der Waals surface area contributed by atoms with E-state index in [2.05, 4.69) is 34.5 Å². The molecule has 4 nitrogen and oxygen atoms in total. The standard InChI is InChI=1S/C32H23N3O/c33-23-26(32(36)34-31-17-9-11-25-10-7-8-16-30(25)31)22-24-18-20-29(21-19-24)35(27-12-3-1-4-13-27)28-14-5-2-6-15-28/h1-22H,(H,34,36). The molecule has 0 aromatic heterocycles. The Morgan fingerprint density at radius 2 is 1.22 bits per heavy atom. The second-order valence-electron chi connectivity index (χ2n) is 8.25. The maximum Gasteiger partial charge on any atom is 0.266 e. The average Bonchev–Trinajstić information content (AvgIpc) is 2.94. The predicted molar refractivity (Wildman–Crippen MR) is 147 cm³/mol. The fourth-order valence-electron chi connectivity index (χ4n) is 4.16. The molecular weight excluding hydrogens is 442 g/mol. The van der Waals surface area contributed by atoms with E-state index in [1.807, 2.05) is 109 Å². The highest BCUT2D eigenvalue weighted by atomic mass is 16.1. The number of rotatable bonds is 6. The van der Waals surface area contributed by atoms with Gasteiger partial charge in [0.1, 0.15) is 11.6 Å². The van der Waals surface area contributed by atoms with Crippen LogP contribution in [0.25, 0.3) is 16.8 Å². The number of nitriles is 1. The number of fused-ring (bicyclic) bond motifs is 1. The third-order valence-corrected chi connectivity index (χ3v) is 5.89. The number of para-hydroxylation sites is 2. The number of carbonyl (C=O) groups excluding carboxylic acids is 1. The molecule has 1 amide bonds. The molecule has 1 N–H and O–H groups in total. The summed E-state index contributed by atoms with van der Waals surface area (Å²) in [6.45, 7) is 0. The van der Waals surface area contributed by atoms with Crippen molar-refractivity contribution < 1.29 is 4.79 Å². The lowest BCUT2D eigenvalue weighted by molar-refractivity contribution is -0.112. The molecule has 5 aromatic rings. The van der Waals surface area contributed by atoms with Gasteiger partial charge in [0.25, 0.3) is 5.91 Å². The molecule has 5 rings (SSSR count). The van der Waals surface area contributed by atoms with Gasteiger partial charge in [-0.25, -0.2) is 0 Å². The number of amides is 1. The number of hydrogen-bond donors (Lipinski definition) is 1. The van der Waals surface area contributed by atoms with E-state index in [-0.39, 0.29) is 5.57 Å². The second-order valence-corrected chi connectivity index (χ2v) is 8.25. The molecule has 0 spiro atoms. The van der Waals surface area contributed by atoms with E-state index in [4.69, 9.17) is 0 Å². The Morgan fingerprint density at radius 1 is 0.667 bits per heavy atom. The first-order valence-electron chi connectivity index (χ1n) is 11.6. The number of nitrogens with zero attached hydrogens (tertiary/aromatic N) is 2. The topological polar surface area (TPSA) is 56.1 Å². The zero-order chi connectivity index (χ0) is 24.7. The third-order valence-electron chi connectivity index (χ3n) is 5.89. The minimum Gasteiger partial charge on any atom is -0.321 e. The summed E-state index contributed by atoms with van der Waals surface area (Å²) in [6, 6.07) is 43.7. The van der Waals surface area contributed by atoms with Gasteiger partial charge in [-0.3, -0.25) is 4.79 Å². The minimum atomic E-state index is -0.437. The molecule has 0 heterocycles. The summed E-state index contributed by atoms with van der Waals surface area (Å²) in [4.78, 5) is 15.1. The Morgan fingerprint density at radius 3 is 1.86 bits per heavy atom. The van der Waals surface area contributed by atoms with E-state index < -0.39 is 5.91 Å². The van der Waals surface area contributed by atoms with Crippen molar-refractivity contribution in [2.75, 3.05) is 10.2 Å². The van der Waals surface area contributed by atoms with Gasteiger partial charge in [-0.1, -0.05) is 84.9 Å². The van der Waals surface area contributed by atoms with Crippen LogP contribution in [-0.2, 0) is 4.79 Å². The zero-order valence-electron chi connectivity index (χ0n) is 19.5. The first-order valence-corrected chi connectivity index (χ1v) is 11.6. The van der Waals surface area contributed by atoms with Gasteiger partial charge >= 0.3 is 0 Å². The van der Waals surface area contributed by atoms with Crippen molar-refractivity contribution in [3.63, 3.8) is 0 Å². The smallest absolute Gasteiger partial charge is 0.266 e.